The van der Waals surface area contributed by atoms with E-state index in [9.17, 15) is 14.4 Å². The lowest BCUT2D eigenvalue weighted by Gasteiger charge is -2.13. The van der Waals surface area contributed by atoms with Crippen molar-refractivity contribution in [2.75, 3.05) is 6.54 Å². The molecule has 0 bridgehead atoms. The molecular formula is C14H18N2O4. The summed E-state index contributed by atoms with van der Waals surface area (Å²) in [7, 11) is 0. The Morgan fingerprint density at radius 1 is 1.30 bits per heavy atom. The molecule has 0 aliphatic rings. The van der Waals surface area contributed by atoms with E-state index in [2.05, 4.69) is 10.6 Å². The zero-order valence-electron chi connectivity index (χ0n) is 11.3. The highest BCUT2D eigenvalue weighted by Gasteiger charge is 2.12. The van der Waals surface area contributed by atoms with Gasteiger partial charge >= 0.3 is 6.09 Å². The number of carbonyl (C=O) groups is 3. The van der Waals surface area contributed by atoms with Crippen LogP contribution in [0.2, 0.25) is 0 Å². The molecule has 0 aliphatic carbocycles. The zero-order valence-corrected chi connectivity index (χ0v) is 11.3. The minimum atomic E-state index is -0.579. The molecule has 0 spiro atoms. The first kappa shape index (κ1) is 15.7. The maximum atomic E-state index is 11.5. The average Bonchev–Trinajstić information content (AvgIpc) is 2.44. The number of alkyl carbamates (subject to hydrolysis) is 1. The molecule has 1 atom stereocenters. The normalized spacial score (nSPS) is 11.2. The lowest BCUT2D eigenvalue weighted by molar-refractivity contribution is -0.122. The molecule has 108 valence electrons. The van der Waals surface area contributed by atoms with Crippen molar-refractivity contribution in [2.45, 2.75) is 26.0 Å². The molecule has 20 heavy (non-hydrogen) atoms. The summed E-state index contributed by atoms with van der Waals surface area (Å²) in [5, 5.41) is 4.94. The van der Waals surface area contributed by atoms with E-state index in [-0.39, 0.29) is 31.5 Å². The molecule has 0 saturated carbocycles. The fourth-order valence-electron chi connectivity index (χ4n) is 1.52. The summed E-state index contributed by atoms with van der Waals surface area (Å²) in [6.07, 6.45) is 0.114. The van der Waals surface area contributed by atoms with Gasteiger partial charge in [-0.05, 0) is 12.5 Å². The maximum absolute atomic E-state index is 11.5. The summed E-state index contributed by atoms with van der Waals surface area (Å²) in [5.41, 5.74) is 0.888. The molecule has 2 amide bonds. The van der Waals surface area contributed by atoms with Crippen LogP contribution in [0.5, 0.6) is 0 Å². The second kappa shape index (κ2) is 8.68. The molecule has 6 heteroatoms. The molecule has 1 unspecified atom stereocenters. The summed E-state index contributed by atoms with van der Waals surface area (Å²) in [6.45, 7) is 1.84. The molecular weight excluding hydrogens is 260 g/mol. The highest BCUT2D eigenvalue weighted by molar-refractivity contribution is 5.79. The number of ether oxygens (including phenoxy) is 1. The fraction of sp³-hybridized carbons (Fsp3) is 0.357. The van der Waals surface area contributed by atoms with Crippen molar-refractivity contribution in [3.8, 4) is 0 Å². The summed E-state index contributed by atoms with van der Waals surface area (Å²) >= 11 is 0. The Morgan fingerprint density at radius 2 is 2.00 bits per heavy atom. The summed E-state index contributed by atoms with van der Waals surface area (Å²) in [4.78, 5) is 32.9. The second-order valence-corrected chi connectivity index (χ2v) is 4.28. The summed E-state index contributed by atoms with van der Waals surface area (Å²) in [6, 6.07) is 8.93. The molecule has 1 aromatic rings. The number of hydrogen-bond donors (Lipinski definition) is 2. The maximum Gasteiger partial charge on any atom is 0.407 e. The van der Waals surface area contributed by atoms with E-state index in [1.54, 1.807) is 6.92 Å². The van der Waals surface area contributed by atoms with Crippen LogP contribution in [0.25, 0.3) is 0 Å². The van der Waals surface area contributed by atoms with Gasteiger partial charge in [0.2, 0.25) is 5.91 Å². The molecule has 0 radical (unpaired) electrons. The van der Waals surface area contributed by atoms with Gasteiger partial charge in [0.25, 0.3) is 0 Å². The minimum absolute atomic E-state index is 0.0238. The first-order valence-corrected chi connectivity index (χ1v) is 6.29. The largest absolute Gasteiger partial charge is 0.445 e. The Kier molecular flexibility index (Phi) is 6.81. The summed E-state index contributed by atoms with van der Waals surface area (Å²) in [5.74, 6) is -0.298. The van der Waals surface area contributed by atoms with E-state index in [1.807, 2.05) is 30.3 Å². The Hall–Kier alpha value is -2.37. The van der Waals surface area contributed by atoms with Gasteiger partial charge in [-0.1, -0.05) is 30.3 Å². The lowest BCUT2D eigenvalue weighted by Crippen LogP contribution is -2.37. The van der Waals surface area contributed by atoms with E-state index in [0.717, 1.165) is 5.56 Å². The van der Waals surface area contributed by atoms with E-state index in [4.69, 9.17) is 4.74 Å². The van der Waals surface area contributed by atoms with E-state index in [0.29, 0.717) is 6.29 Å². The SMILES string of the molecule is CC(CC(=O)NCC=O)NC(=O)OCc1ccccc1. The predicted octanol–water partition coefficient (Wildman–Crippen LogP) is 1.01. The highest BCUT2D eigenvalue weighted by Crippen LogP contribution is 2.01. The first-order valence-electron chi connectivity index (χ1n) is 6.29. The van der Waals surface area contributed by atoms with Gasteiger partial charge in [0.05, 0.1) is 6.54 Å². The van der Waals surface area contributed by atoms with Gasteiger partial charge in [0, 0.05) is 12.5 Å². The molecule has 0 fully saturated rings. The lowest BCUT2D eigenvalue weighted by atomic mass is 10.2. The Bertz CT molecular complexity index is 448. The third kappa shape index (κ3) is 6.53. The van der Waals surface area contributed by atoms with Crippen LogP contribution < -0.4 is 10.6 Å². The molecule has 0 aromatic heterocycles. The van der Waals surface area contributed by atoms with Gasteiger partial charge in [-0.15, -0.1) is 0 Å². The van der Waals surface area contributed by atoms with Gasteiger partial charge in [0.1, 0.15) is 12.9 Å². The molecule has 1 rings (SSSR count). The van der Waals surface area contributed by atoms with E-state index < -0.39 is 6.09 Å². The van der Waals surface area contributed by atoms with Crippen molar-refractivity contribution < 1.29 is 19.1 Å². The van der Waals surface area contributed by atoms with Crippen LogP contribution in [0.4, 0.5) is 4.79 Å². The van der Waals surface area contributed by atoms with Gasteiger partial charge in [-0.2, -0.15) is 0 Å². The standard InChI is InChI=1S/C14H18N2O4/c1-11(9-13(18)15-7-8-17)16-14(19)20-10-12-5-3-2-4-6-12/h2-6,8,11H,7,9-10H2,1H3,(H,15,18)(H,16,19). The fourth-order valence-corrected chi connectivity index (χ4v) is 1.52. The molecule has 0 aliphatic heterocycles. The average molecular weight is 278 g/mol. The summed E-state index contributed by atoms with van der Waals surface area (Å²) < 4.78 is 5.02. The zero-order chi connectivity index (χ0) is 14.8. The number of nitrogens with one attached hydrogen (secondary N) is 2. The van der Waals surface area contributed by atoms with Crippen LogP contribution in [0, 0.1) is 0 Å². The van der Waals surface area contributed by atoms with Crippen LogP contribution in [0.1, 0.15) is 18.9 Å². The topological polar surface area (TPSA) is 84.5 Å². The molecule has 6 nitrogen and oxygen atoms in total. The number of carbonyl (C=O) groups excluding carboxylic acids is 3. The van der Waals surface area contributed by atoms with Crippen molar-refractivity contribution in [2.24, 2.45) is 0 Å². The smallest absolute Gasteiger partial charge is 0.407 e. The van der Waals surface area contributed by atoms with Gasteiger partial charge in [0.15, 0.2) is 0 Å². The van der Waals surface area contributed by atoms with Gasteiger partial charge in [-0.3, -0.25) is 4.79 Å². The third-order valence-electron chi connectivity index (χ3n) is 2.45. The number of hydrogen-bond acceptors (Lipinski definition) is 4. The van der Waals surface area contributed by atoms with Crippen molar-refractivity contribution in [3.05, 3.63) is 35.9 Å². The van der Waals surface area contributed by atoms with Crippen LogP contribution in [-0.4, -0.2) is 30.9 Å². The van der Waals surface area contributed by atoms with Gasteiger partial charge < -0.3 is 20.2 Å². The monoisotopic (exact) mass is 278 g/mol. The Balaban J connectivity index is 2.24. The third-order valence-corrected chi connectivity index (χ3v) is 2.45. The van der Waals surface area contributed by atoms with Crippen molar-refractivity contribution >= 4 is 18.3 Å². The second-order valence-electron chi connectivity index (χ2n) is 4.28. The quantitative estimate of drug-likeness (QED) is 0.729. The van der Waals surface area contributed by atoms with Crippen molar-refractivity contribution in [3.63, 3.8) is 0 Å². The first-order chi connectivity index (χ1) is 9.61. The van der Waals surface area contributed by atoms with Crippen LogP contribution in [-0.2, 0) is 20.9 Å². The Morgan fingerprint density at radius 3 is 2.65 bits per heavy atom. The molecule has 1 aromatic carbocycles. The van der Waals surface area contributed by atoms with Gasteiger partial charge in [-0.25, -0.2) is 4.79 Å². The molecule has 2 N–H and O–H groups in total. The number of aldehydes is 1. The highest BCUT2D eigenvalue weighted by atomic mass is 16.5. The molecule has 0 saturated heterocycles. The Labute approximate surface area is 117 Å². The number of benzene rings is 1. The van der Waals surface area contributed by atoms with Crippen LogP contribution in [0.15, 0.2) is 30.3 Å². The van der Waals surface area contributed by atoms with E-state index in [1.165, 1.54) is 0 Å². The van der Waals surface area contributed by atoms with Crippen LogP contribution >= 0.6 is 0 Å². The van der Waals surface area contributed by atoms with Crippen molar-refractivity contribution in [1.29, 1.82) is 0 Å². The predicted molar refractivity (Wildman–Crippen MR) is 72.9 cm³/mol. The molecule has 0 heterocycles. The number of rotatable bonds is 7. The van der Waals surface area contributed by atoms with Crippen LogP contribution in [0.3, 0.4) is 0 Å². The van der Waals surface area contributed by atoms with Crippen molar-refractivity contribution in [1.82, 2.24) is 10.6 Å². The van der Waals surface area contributed by atoms with E-state index >= 15 is 0 Å². The minimum Gasteiger partial charge on any atom is -0.445 e. The number of amides is 2.